The number of aryl methyl sites for hydroxylation is 1. The Morgan fingerprint density at radius 3 is 2.54 bits per heavy atom. The molecule has 0 radical (unpaired) electrons. The highest BCUT2D eigenvalue weighted by Gasteiger charge is 2.23. The lowest BCUT2D eigenvalue weighted by molar-refractivity contribution is -0.125. The van der Waals surface area contributed by atoms with E-state index in [0.29, 0.717) is 13.0 Å². The summed E-state index contributed by atoms with van der Waals surface area (Å²) in [5.74, 6) is -0.407. The first kappa shape index (κ1) is 19.9. The maximum absolute atomic E-state index is 12.5. The molecular formula is C20H24ClN3O2. The van der Waals surface area contributed by atoms with Crippen molar-refractivity contribution >= 4 is 29.9 Å². The quantitative estimate of drug-likeness (QED) is 0.842. The number of hydrogen-bond donors (Lipinski definition) is 2. The maximum Gasteiger partial charge on any atom is 0.246 e. The van der Waals surface area contributed by atoms with Crippen LogP contribution in [0.1, 0.15) is 17.5 Å². The number of fused-ring (bicyclic) bond motifs is 1. The van der Waals surface area contributed by atoms with Crippen molar-refractivity contribution in [3.8, 4) is 0 Å². The fourth-order valence-corrected chi connectivity index (χ4v) is 3.14. The molecule has 0 saturated carbocycles. The number of carbonyl (C=O) groups is 2. The van der Waals surface area contributed by atoms with Crippen molar-refractivity contribution in [2.75, 3.05) is 18.0 Å². The molecule has 26 heavy (non-hydrogen) atoms. The summed E-state index contributed by atoms with van der Waals surface area (Å²) in [6.45, 7) is 0.650. The van der Waals surface area contributed by atoms with Crippen molar-refractivity contribution in [1.29, 1.82) is 0 Å². The van der Waals surface area contributed by atoms with Gasteiger partial charge in [0.15, 0.2) is 0 Å². The standard InChI is InChI=1S/C20H23N3O2.ClH/c21-17(13-15-7-2-1-3-8-15)20(25)22-14-19(24)23-12-6-10-16-9-4-5-11-18(16)23;/h1-5,7-9,11,17H,6,10,12-14,21H2,(H,22,25);1H. The molecule has 138 valence electrons. The molecule has 0 bridgehead atoms. The van der Waals surface area contributed by atoms with Crippen molar-refractivity contribution in [2.45, 2.75) is 25.3 Å². The lowest BCUT2D eigenvalue weighted by atomic mass is 10.0. The lowest BCUT2D eigenvalue weighted by Crippen LogP contribution is -2.47. The second-order valence-corrected chi connectivity index (χ2v) is 6.29. The summed E-state index contributed by atoms with van der Waals surface area (Å²) in [5, 5.41) is 2.68. The van der Waals surface area contributed by atoms with E-state index in [1.807, 2.05) is 54.6 Å². The molecule has 3 rings (SSSR count). The molecule has 1 unspecified atom stereocenters. The van der Waals surface area contributed by atoms with E-state index in [-0.39, 0.29) is 30.8 Å². The van der Waals surface area contributed by atoms with Crippen molar-refractivity contribution < 1.29 is 9.59 Å². The summed E-state index contributed by atoms with van der Waals surface area (Å²) in [6, 6.07) is 16.9. The second-order valence-electron chi connectivity index (χ2n) is 6.29. The van der Waals surface area contributed by atoms with Gasteiger partial charge in [-0.05, 0) is 36.5 Å². The normalized spacial score (nSPS) is 14.0. The fraction of sp³-hybridized carbons (Fsp3) is 0.300. The average molecular weight is 374 g/mol. The molecule has 0 aliphatic carbocycles. The van der Waals surface area contributed by atoms with E-state index in [2.05, 4.69) is 5.32 Å². The van der Waals surface area contributed by atoms with Gasteiger partial charge in [-0.2, -0.15) is 0 Å². The van der Waals surface area contributed by atoms with Gasteiger partial charge in [0.1, 0.15) is 0 Å². The molecule has 2 amide bonds. The number of carbonyl (C=O) groups excluding carboxylic acids is 2. The maximum atomic E-state index is 12.5. The number of nitrogens with zero attached hydrogens (tertiary/aromatic N) is 1. The Labute approximate surface area is 160 Å². The van der Waals surface area contributed by atoms with Gasteiger partial charge in [-0.1, -0.05) is 48.5 Å². The summed E-state index contributed by atoms with van der Waals surface area (Å²) in [4.78, 5) is 26.4. The Balaban J connectivity index is 0.00000243. The van der Waals surface area contributed by atoms with Gasteiger partial charge in [-0.25, -0.2) is 0 Å². The topological polar surface area (TPSA) is 75.4 Å². The lowest BCUT2D eigenvalue weighted by Gasteiger charge is -2.29. The Bertz CT molecular complexity index is 752. The number of nitrogens with two attached hydrogens (primary N) is 1. The number of amides is 2. The highest BCUT2D eigenvalue weighted by molar-refractivity contribution is 5.98. The van der Waals surface area contributed by atoms with E-state index in [9.17, 15) is 9.59 Å². The zero-order chi connectivity index (χ0) is 17.6. The Morgan fingerprint density at radius 2 is 1.77 bits per heavy atom. The minimum Gasteiger partial charge on any atom is -0.346 e. The monoisotopic (exact) mass is 373 g/mol. The zero-order valence-electron chi connectivity index (χ0n) is 14.6. The van der Waals surface area contributed by atoms with Gasteiger partial charge in [0.05, 0.1) is 12.6 Å². The number of anilines is 1. The van der Waals surface area contributed by atoms with Gasteiger partial charge in [0, 0.05) is 12.2 Å². The summed E-state index contributed by atoms with van der Waals surface area (Å²) in [5.41, 5.74) is 9.08. The van der Waals surface area contributed by atoms with E-state index in [4.69, 9.17) is 5.73 Å². The molecule has 1 aliphatic rings. The number of benzene rings is 2. The molecule has 5 nitrogen and oxygen atoms in total. The second kappa shape index (κ2) is 9.36. The Morgan fingerprint density at radius 1 is 1.08 bits per heavy atom. The predicted octanol–water partition coefficient (Wildman–Crippen LogP) is 2.07. The van der Waals surface area contributed by atoms with Crippen LogP contribution in [0.15, 0.2) is 54.6 Å². The smallest absolute Gasteiger partial charge is 0.246 e. The molecule has 1 heterocycles. The van der Waals surface area contributed by atoms with Crippen molar-refractivity contribution in [3.05, 3.63) is 65.7 Å². The van der Waals surface area contributed by atoms with Crippen LogP contribution >= 0.6 is 12.4 Å². The minimum absolute atomic E-state index is 0. The molecule has 2 aromatic rings. The van der Waals surface area contributed by atoms with Gasteiger partial charge in [-0.15, -0.1) is 12.4 Å². The van der Waals surface area contributed by atoms with Gasteiger partial charge in [0.25, 0.3) is 0 Å². The first-order valence-electron chi connectivity index (χ1n) is 8.60. The van der Waals surface area contributed by atoms with Crippen LogP contribution < -0.4 is 16.0 Å². The van der Waals surface area contributed by atoms with Crippen LogP contribution in [0.5, 0.6) is 0 Å². The van der Waals surface area contributed by atoms with Gasteiger partial charge in [0.2, 0.25) is 11.8 Å². The summed E-state index contributed by atoms with van der Waals surface area (Å²) >= 11 is 0. The number of para-hydroxylation sites is 1. The molecule has 0 spiro atoms. The van der Waals surface area contributed by atoms with E-state index >= 15 is 0 Å². The Kier molecular flexibility index (Phi) is 7.18. The zero-order valence-corrected chi connectivity index (χ0v) is 15.4. The number of rotatable bonds is 5. The molecule has 6 heteroatoms. The van der Waals surface area contributed by atoms with E-state index in [1.54, 1.807) is 4.90 Å². The minimum atomic E-state index is -0.663. The van der Waals surface area contributed by atoms with Crippen molar-refractivity contribution in [2.24, 2.45) is 5.73 Å². The summed E-state index contributed by atoms with van der Waals surface area (Å²) in [7, 11) is 0. The van der Waals surface area contributed by atoms with Crippen LogP contribution in [0.25, 0.3) is 0 Å². The first-order chi connectivity index (χ1) is 12.1. The van der Waals surface area contributed by atoms with Gasteiger partial charge >= 0.3 is 0 Å². The molecule has 0 aromatic heterocycles. The van der Waals surface area contributed by atoms with Gasteiger partial charge < -0.3 is 16.0 Å². The molecular weight excluding hydrogens is 350 g/mol. The summed E-state index contributed by atoms with van der Waals surface area (Å²) < 4.78 is 0. The average Bonchev–Trinajstić information content (AvgIpc) is 2.66. The SMILES string of the molecule is Cl.NC(Cc1ccccc1)C(=O)NCC(=O)N1CCCc2ccccc21. The fourth-order valence-electron chi connectivity index (χ4n) is 3.14. The third kappa shape index (κ3) is 4.84. The highest BCUT2D eigenvalue weighted by Crippen LogP contribution is 2.26. The van der Waals surface area contributed by atoms with E-state index in [0.717, 1.165) is 24.1 Å². The van der Waals surface area contributed by atoms with Crippen LogP contribution in [0.4, 0.5) is 5.69 Å². The molecule has 1 aliphatic heterocycles. The van der Waals surface area contributed by atoms with Crippen LogP contribution in [0.2, 0.25) is 0 Å². The van der Waals surface area contributed by atoms with Crippen LogP contribution in [-0.2, 0) is 22.4 Å². The summed E-state index contributed by atoms with van der Waals surface area (Å²) in [6.07, 6.45) is 2.37. The molecule has 2 aromatic carbocycles. The third-order valence-electron chi connectivity index (χ3n) is 4.46. The van der Waals surface area contributed by atoms with Crippen molar-refractivity contribution in [1.82, 2.24) is 5.32 Å². The predicted molar refractivity (Wildman–Crippen MR) is 105 cm³/mol. The van der Waals surface area contributed by atoms with Crippen LogP contribution in [-0.4, -0.2) is 30.9 Å². The largest absolute Gasteiger partial charge is 0.346 e. The Hall–Kier alpha value is -2.37. The number of halogens is 1. The molecule has 0 fully saturated rings. The van der Waals surface area contributed by atoms with Crippen molar-refractivity contribution in [3.63, 3.8) is 0 Å². The van der Waals surface area contributed by atoms with Crippen LogP contribution in [0, 0.1) is 0 Å². The third-order valence-corrected chi connectivity index (χ3v) is 4.46. The number of nitrogens with one attached hydrogen (secondary N) is 1. The van der Waals surface area contributed by atoms with Crippen LogP contribution in [0.3, 0.4) is 0 Å². The van der Waals surface area contributed by atoms with Gasteiger partial charge in [-0.3, -0.25) is 9.59 Å². The molecule has 1 atom stereocenters. The first-order valence-corrected chi connectivity index (χ1v) is 8.60. The molecule has 3 N–H and O–H groups in total. The number of hydrogen-bond acceptors (Lipinski definition) is 3. The van der Waals surface area contributed by atoms with E-state index in [1.165, 1.54) is 5.56 Å². The molecule has 0 saturated heterocycles. The van der Waals surface area contributed by atoms with E-state index < -0.39 is 6.04 Å². The highest BCUT2D eigenvalue weighted by atomic mass is 35.5.